The van der Waals surface area contributed by atoms with Gasteiger partial charge in [-0.1, -0.05) is 50.2 Å². The first-order valence-corrected chi connectivity index (χ1v) is 13.6. The van der Waals surface area contributed by atoms with Crippen LogP contribution < -0.4 is 10.6 Å². The second kappa shape index (κ2) is 13.2. The Bertz CT molecular complexity index is 1230. The minimum Gasteiger partial charge on any atom is -0.497 e. The largest absolute Gasteiger partial charge is 0.622 e. The summed E-state index contributed by atoms with van der Waals surface area (Å²) in [5, 5.41) is 15.7. The Morgan fingerprint density at radius 1 is 1.00 bits per heavy atom. The molecule has 3 N–H and O–H groups in total. The van der Waals surface area contributed by atoms with Gasteiger partial charge in [0.1, 0.15) is 23.8 Å². The average molecular weight is 566 g/mol. The van der Waals surface area contributed by atoms with E-state index >= 15 is 0 Å². The fourth-order valence-electron chi connectivity index (χ4n) is 4.76. The number of nitrogens with zero attached hydrogens (tertiary/aromatic N) is 2. The third-order valence-electron chi connectivity index (χ3n) is 7.03. The van der Waals surface area contributed by atoms with Crippen molar-refractivity contribution in [1.82, 2.24) is 20.5 Å². The first-order valence-electron chi connectivity index (χ1n) is 13.6. The van der Waals surface area contributed by atoms with E-state index in [9.17, 15) is 24.3 Å². The lowest BCUT2D eigenvalue weighted by molar-refractivity contribution is -0.166. The molecule has 0 spiro atoms. The van der Waals surface area contributed by atoms with Gasteiger partial charge in [0.05, 0.1) is 31.0 Å². The van der Waals surface area contributed by atoms with E-state index in [0.29, 0.717) is 5.69 Å². The molecule has 218 valence electrons. The van der Waals surface area contributed by atoms with Crippen molar-refractivity contribution < 1.29 is 38.3 Å². The predicted molar refractivity (Wildman–Crippen MR) is 148 cm³/mol. The first kappa shape index (κ1) is 30.2. The second-order valence-electron chi connectivity index (χ2n) is 10.7. The normalized spacial score (nSPS) is 21.6. The molecule has 41 heavy (non-hydrogen) atoms. The summed E-state index contributed by atoms with van der Waals surface area (Å²) in [7, 11) is 0.210. The van der Waals surface area contributed by atoms with Crippen molar-refractivity contribution >= 4 is 30.9 Å². The summed E-state index contributed by atoms with van der Waals surface area (Å²) in [6.07, 6.45) is -1.01. The van der Waals surface area contributed by atoms with Gasteiger partial charge >= 0.3 is 19.1 Å². The molecule has 2 aliphatic rings. The molecule has 5 atom stereocenters. The van der Waals surface area contributed by atoms with E-state index in [-0.39, 0.29) is 31.2 Å². The Labute approximate surface area is 238 Å². The number of fused-ring (bicyclic) bond motifs is 2. The molecule has 0 aliphatic carbocycles. The summed E-state index contributed by atoms with van der Waals surface area (Å²) in [6, 6.07) is 11.3. The van der Waals surface area contributed by atoms with Crippen LogP contribution in [0.1, 0.15) is 37.7 Å². The third kappa shape index (κ3) is 7.29. The van der Waals surface area contributed by atoms with Crippen LogP contribution in [0.25, 0.3) is 11.3 Å². The minimum absolute atomic E-state index is 0.00170. The molecule has 12 nitrogen and oxygen atoms in total. The maximum atomic E-state index is 13.4. The lowest BCUT2D eigenvalue weighted by atomic mass is 9.73. The number of aliphatic hydroxyl groups excluding tert-OH is 1. The highest BCUT2D eigenvalue weighted by Gasteiger charge is 2.49. The molecule has 3 heterocycles. The zero-order chi connectivity index (χ0) is 29.7. The zero-order valence-corrected chi connectivity index (χ0v) is 23.5. The van der Waals surface area contributed by atoms with Crippen molar-refractivity contribution in [2.45, 2.75) is 57.4 Å². The van der Waals surface area contributed by atoms with Crippen molar-refractivity contribution in [3.05, 3.63) is 54.2 Å². The topological polar surface area (TPSA) is 156 Å². The van der Waals surface area contributed by atoms with Gasteiger partial charge < -0.3 is 29.8 Å². The van der Waals surface area contributed by atoms with Crippen molar-refractivity contribution in [1.29, 1.82) is 0 Å². The van der Waals surface area contributed by atoms with Crippen LogP contribution in [-0.4, -0.2) is 96.3 Å². The van der Waals surface area contributed by atoms with Crippen LogP contribution in [0.15, 0.2) is 48.5 Å². The Morgan fingerprint density at radius 2 is 1.63 bits per heavy atom. The Hall–Kier alpha value is -3.81. The number of carbonyl (C=O) groups is 4. The molecule has 2 aromatic rings. The maximum absolute atomic E-state index is 13.4. The minimum atomic E-state index is -1.41. The quantitative estimate of drug-likeness (QED) is 0.367. The SMILES string of the molecule is CC(C)CC(NC(=O)C(NC(=O)c1cccc(-c2ccccc2)n1)C(C)O)B1OC(=O)[C@H]2COC[C@H](C(=O)O1)N2C. The number of rotatable bonds is 9. The summed E-state index contributed by atoms with van der Waals surface area (Å²) in [6.45, 7) is 5.26. The van der Waals surface area contributed by atoms with Gasteiger partial charge in [0.25, 0.3) is 5.91 Å². The molecule has 0 radical (unpaired) electrons. The van der Waals surface area contributed by atoms with Gasteiger partial charge in [0.2, 0.25) is 5.91 Å². The number of carbonyl (C=O) groups excluding carboxylic acids is 4. The molecule has 1 aromatic heterocycles. The number of amides is 2. The van der Waals surface area contributed by atoms with E-state index in [1.807, 2.05) is 44.2 Å². The van der Waals surface area contributed by atoms with Gasteiger partial charge in [0.15, 0.2) is 0 Å². The van der Waals surface area contributed by atoms with Crippen LogP contribution in [0.4, 0.5) is 0 Å². The number of pyridine rings is 1. The van der Waals surface area contributed by atoms with Crippen LogP contribution in [-0.2, 0) is 28.4 Å². The van der Waals surface area contributed by atoms with Gasteiger partial charge in [-0.2, -0.15) is 0 Å². The molecule has 0 saturated carbocycles. The average Bonchev–Trinajstić information content (AvgIpc) is 2.94. The zero-order valence-electron chi connectivity index (χ0n) is 23.5. The van der Waals surface area contributed by atoms with Crippen LogP contribution in [0.3, 0.4) is 0 Å². The lowest BCUT2D eigenvalue weighted by Crippen LogP contribution is -2.64. The fraction of sp³-hybridized carbons (Fsp3) is 0.464. The summed E-state index contributed by atoms with van der Waals surface area (Å²) < 4.78 is 16.5. The number of hydrogen-bond donors (Lipinski definition) is 3. The predicted octanol–water partition coefficient (Wildman–Crippen LogP) is 0.585. The first-order chi connectivity index (χ1) is 19.5. The monoisotopic (exact) mass is 566 g/mol. The van der Waals surface area contributed by atoms with Crippen LogP contribution in [0.5, 0.6) is 0 Å². The number of hydrogen-bond acceptors (Lipinski definition) is 10. The number of aromatic nitrogens is 1. The second-order valence-corrected chi connectivity index (χ2v) is 10.7. The van der Waals surface area contributed by atoms with Crippen molar-refractivity contribution in [3.63, 3.8) is 0 Å². The van der Waals surface area contributed by atoms with E-state index in [1.54, 1.807) is 24.1 Å². The molecule has 13 heteroatoms. The van der Waals surface area contributed by atoms with E-state index in [4.69, 9.17) is 14.0 Å². The summed E-state index contributed by atoms with van der Waals surface area (Å²) >= 11 is 0. The number of likely N-dealkylation sites (N-methyl/N-ethyl adjacent to an activating group) is 1. The number of aliphatic hydroxyl groups is 1. The van der Waals surface area contributed by atoms with Gasteiger partial charge in [-0.15, -0.1) is 0 Å². The summed E-state index contributed by atoms with van der Waals surface area (Å²) in [4.78, 5) is 58.3. The molecule has 3 unspecified atom stereocenters. The molecule has 2 fully saturated rings. The fourth-order valence-corrected chi connectivity index (χ4v) is 4.76. The van der Waals surface area contributed by atoms with Crippen LogP contribution >= 0.6 is 0 Å². The smallest absolute Gasteiger partial charge is 0.497 e. The van der Waals surface area contributed by atoms with E-state index in [0.717, 1.165) is 5.56 Å². The summed E-state index contributed by atoms with van der Waals surface area (Å²) in [5.74, 6) is -3.65. The van der Waals surface area contributed by atoms with Gasteiger partial charge in [0, 0.05) is 5.56 Å². The van der Waals surface area contributed by atoms with Crippen molar-refractivity contribution in [2.24, 2.45) is 5.92 Å². The van der Waals surface area contributed by atoms with Crippen molar-refractivity contribution in [2.75, 3.05) is 20.3 Å². The third-order valence-corrected chi connectivity index (χ3v) is 7.03. The number of nitrogens with one attached hydrogen (secondary N) is 2. The highest BCUT2D eigenvalue weighted by Crippen LogP contribution is 2.21. The molecule has 1 aromatic carbocycles. The van der Waals surface area contributed by atoms with Crippen molar-refractivity contribution in [3.8, 4) is 11.3 Å². The number of ether oxygens (including phenoxy) is 1. The molecular weight excluding hydrogens is 531 g/mol. The number of morpholine rings is 1. The molecule has 2 amide bonds. The Kier molecular flexibility index (Phi) is 9.74. The molecular formula is C28H35BN4O8. The summed E-state index contributed by atoms with van der Waals surface area (Å²) in [5.41, 5.74) is 1.44. The molecule has 2 bridgehead atoms. The Balaban J connectivity index is 1.51. The van der Waals surface area contributed by atoms with E-state index in [2.05, 4.69) is 15.6 Å². The van der Waals surface area contributed by atoms with Gasteiger partial charge in [-0.25, -0.2) is 4.98 Å². The van der Waals surface area contributed by atoms with Crippen LogP contribution in [0, 0.1) is 5.92 Å². The van der Waals surface area contributed by atoms with E-state index in [1.165, 1.54) is 13.0 Å². The molecule has 2 aliphatic heterocycles. The highest BCUT2D eigenvalue weighted by molar-refractivity contribution is 6.51. The van der Waals surface area contributed by atoms with E-state index < -0.39 is 61.0 Å². The van der Waals surface area contributed by atoms with Gasteiger partial charge in [-0.05, 0) is 38.4 Å². The lowest BCUT2D eigenvalue weighted by Gasteiger charge is -2.40. The van der Waals surface area contributed by atoms with Crippen LogP contribution in [0.2, 0.25) is 0 Å². The maximum Gasteiger partial charge on any atom is 0.622 e. The van der Waals surface area contributed by atoms with Gasteiger partial charge in [-0.3, -0.25) is 24.1 Å². The molecule has 2 saturated heterocycles. The Morgan fingerprint density at radius 3 is 2.22 bits per heavy atom. The number of benzene rings is 1. The molecule has 4 rings (SSSR count). The standard InChI is InChI=1S/C28H35BN4O8/c1-16(2)13-23(29-40-27(37)21-14-39-15-22(33(21)4)28(38)41-29)31-26(36)24(17(3)34)32-25(35)20-12-8-11-19(30-20)18-9-6-5-7-10-18/h5-12,16-17,21-24,34H,13-15H2,1-4H3,(H,31,36)(H,32,35)/t17?,21-,22-,23?,24?/m1/s1. The highest BCUT2D eigenvalue weighted by atomic mass is 16.6.